The van der Waals surface area contributed by atoms with Crippen LogP contribution in [-0.2, 0) is 16.1 Å². The third-order valence-electron chi connectivity index (χ3n) is 4.18. The van der Waals surface area contributed by atoms with Gasteiger partial charge in [-0.25, -0.2) is 0 Å². The maximum absolute atomic E-state index is 11.3. The number of rotatable bonds is 5. The summed E-state index contributed by atoms with van der Waals surface area (Å²) >= 11 is 0. The van der Waals surface area contributed by atoms with Gasteiger partial charge in [-0.3, -0.25) is 14.4 Å². The number of hydrogen-bond donors (Lipinski definition) is 1. The molecule has 1 atom stereocenters. The summed E-state index contributed by atoms with van der Waals surface area (Å²) in [6.07, 6.45) is 3.64. The van der Waals surface area contributed by atoms with Crippen molar-refractivity contribution >= 4 is 5.91 Å². The lowest BCUT2D eigenvalue weighted by Crippen LogP contribution is -2.35. The minimum Gasteiger partial charge on any atom is -0.379 e. The molecule has 0 radical (unpaired) electrons. The van der Waals surface area contributed by atoms with Crippen molar-refractivity contribution in [1.29, 1.82) is 0 Å². The van der Waals surface area contributed by atoms with Gasteiger partial charge in [0.15, 0.2) is 0 Å². The molecule has 3 rings (SSSR count). The van der Waals surface area contributed by atoms with E-state index in [0.29, 0.717) is 0 Å². The Labute approximate surface area is 135 Å². The summed E-state index contributed by atoms with van der Waals surface area (Å²) in [6.45, 7) is 6.21. The highest BCUT2D eigenvalue weighted by atomic mass is 16.5. The molecular formula is C17H22N4O2. The van der Waals surface area contributed by atoms with Gasteiger partial charge >= 0.3 is 0 Å². The van der Waals surface area contributed by atoms with Gasteiger partial charge in [0, 0.05) is 31.4 Å². The summed E-state index contributed by atoms with van der Waals surface area (Å²) in [6, 6.07) is 7.97. The molecule has 0 aliphatic carbocycles. The van der Waals surface area contributed by atoms with Crippen LogP contribution in [0.3, 0.4) is 0 Å². The molecule has 0 saturated carbocycles. The van der Waals surface area contributed by atoms with Crippen LogP contribution in [-0.4, -0.2) is 46.9 Å². The molecular weight excluding hydrogens is 292 g/mol. The number of benzene rings is 1. The Balaban J connectivity index is 1.75. The van der Waals surface area contributed by atoms with Crippen LogP contribution in [0, 0.1) is 0 Å². The molecule has 2 N–H and O–H groups in total. The fraction of sp³-hybridized carbons (Fsp3) is 0.412. The van der Waals surface area contributed by atoms with E-state index < -0.39 is 6.04 Å². The van der Waals surface area contributed by atoms with Crippen LogP contribution >= 0.6 is 0 Å². The van der Waals surface area contributed by atoms with Crippen LogP contribution in [0.2, 0.25) is 0 Å². The minimum atomic E-state index is -0.444. The number of ether oxygens (including phenoxy) is 1. The zero-order valence-corrected chi connectivity index (χ0v) is 13.3. The molecule has 1 fully saturated rings. The number of aromatic nitrogens is 2. The Morgan fingerprint density at radius 3 is 2.87 bits per heavy atom. The Morgan fingerprint density at radius 1 is 1.35 bits per heavy atom. The van der Waals surface area contributed by atoms with Gasteiger partial charge in [-0.05, 0) is 24.1 Å². The highest BCUT2D eigenvalue weighted by molar-refractivity contribution is 5.78. The number of primary amides is 1. The zero-order chi connectivity index (χ0) is 16.2. The fourth-order valence-corrected chi connectivity index (χ4v) is 2.70. The molecule has 6 nitrogen and oxygen atoms in total. The van der Waals surface area contributed by atoms with E-state index in [-0.39, 0.29) is 5.91 Å². The highest BCUT2D eigenvalue weighted by Crippen LogP contribution is 2.22. The maximum atomic E-state index is 11.3. The molecule has 0 spiro atoms. The molecule has 1 aliphatic heterocycles. The Kier molecular flexibility index (Phi) is 4.73. The number of nitrogens with two attached hydrogens (primary N) is 1. The second kappa shape index (κ2) is 6.93. The summed E-state index contributed by atoms with van der Waals surface area (Å²) in [5.41, 5.74) is 8.68. The van der Waals surface area contributed by atoms with Crippen LogP contribution in [0.25, 0.3) is 11.1 Å². The van der Waals surface area contributed by atoms with E-state index in [1.165, 1.54) is 5.56 Å². The molecule has 1 aliphatic rings. The lowest BCUT2D eigenvalue weighted by Gasteiger charge is -2.26. The number of amides is 1. The van der Waals surface area contributed by atoms with Gasteiger partial charge in [-0.1, -0.05) is 18.2 Å². The average Bonchev–Trinajstić information content (AvgIpc) is 3.05. The molecule has 0 bridgehead atoms. The summed E-state index contributed by atoms with van der Waals surface area (Å²) in [4.78, 5) is 13.7. The first-order valence-electron chi connectivity index (χ1n) is 7.86. The third kappa shape index (κ3) is 3.78. The van der Waals surface area contributed by atoms with Crippen LogP contribution < -0.4 is 5.73 Å². The van der Waals surface area contributed by atoms with E-state index >= 15 is 0 Å². The standard InChI is InChI=1S/C17H22N4O2/c1-13(17(18)22)21-12-16(10-19-21)15-4-2-3-14(9-15)11-20-5-7-23-8-6-20/h2-4,9-10,12-13H,5-8,11H2,1H3,(H2,18,22)/t13-/m0/s1. The van der Waals surface area contributed by atoms with E-state index in [1.807, 2.05) is 6.20 Å². The first kappa shape index (κ1) is 15.7. The molecule has 6 heteroatoms. The lowest BCUT2D eigenvalue weighted by atomic mass is 10.1. The van der Waals surface area contributed by atoms with E-state index in [1.54, 1.807) is 17.8 Å². The van der Waals surface area contributed by atoms with Crippen LogP contribution in [0.1, 0.15) is 18.5 Å². The number of morpholine rings is 1. The molecule has 2 aromatic rings. The van der Waals surface area contributed by atoms with Gasteiger partial charge in [0.05, 0.1) is 19.4 Å². The van der Waals surface area contributed by atoms with Crippen molar-refractivity contribution in [3.05, 3.63) is 42.2 Å². The predicted octanol–water partition coefficient (Wildman–Crippen LogP) is 1.43. The predicted molar refractivity (Wildman–Crippen MR) is 87.7 cm³/mol. The van der Waals surface area contributed by atoms with Gasteiger partial charge < -0.3 is 10.5 Å². The van der Waals surface area contributed by atoms with Gasteiger partial charge in [0.25, 0.3) is 0 Å². The first-order chi connectivity index (χ1) is 11.1. The van der Waals surface area contributed by atoms with Gasteiger partial charge in [-0.2, -0.15) is 5.10 Å². The second-order valence-electron chi connectivity index (χ2n) is 5.88. The zero-order valence-electron chi connectivity index (χ0n) is 13.3. The van der Waals surface area contributed by atoms with Crippen molar-refractivity contribution in [3.8, 4) is 11.1 Å². The Morgan fingerprint density at radius 2 is 2.13 bits per heavy atom. The van der Waals surface area contributed by atoms with Crippen LogP contribution in [0.5, 0.6) is 0 Å². The van der Waals surface area contributed by atoms with Crippen molar-refractivity contribution in [2.75, 3.05) is 26.3 Å². The summed E-state index contributed by atoms with van der Waals surface area (Å²) in [5, 5.41) is 4.25. The van der Waals surface area contributed by atoms with Crippen LogP contribution in [0.4, 0.5) is 0 Å². The Hall–Kier alpha value is -2.18. The molecule has 1 aromatic heterocycles. The van der Waals surface area contributed by atoms with Crippen molar-refractivity contribution < 1.29 is 9.53 Å². The largest absolute Gasteiger partial charge is 0.379 e. The summed E-state index contributed by atoms with van der Waals surface area (Å²) in [7, 11) is 0. The molecule has 122 valence electrons. The molecule has 2 heterocycles. The molecule has 0 unspecified atom stereocenters. The summed E-state index contributed by atoms with van der Waals surface area (Å²) in [5.74, 6) is -0.388. The molecule has 1 saturated heterocycles. The normalized spacial score (nSPS) is 17.1. The number of carbonyl (C=O) groups is 1. The van der Waals surface area contributed by atoms with E-state index in [4.69, 9.17) is 10.5 Å². The monoisotopic (exact) mass is 314 g/mol. The average molecular weight is 314 g/mol. The van der Waals surface area contributed by atoms with Crippen molar-refractivity contribution in [1.82, 2.24) is 14.7 Å². The first-order valence-corrected chi connectivity index (χ1v) is 7.86. The lowest BCUT2D eigenvalue weighted by molar-refractivity contribution is -0.120. The van der Waals surface area contributed by atoms with Crippen molar-refractivity contribution in [3.63, 3.8) is 0 Å². The van der Waals surface area contributed by atoms with Gasteiger partial charge in [0.2, 0.25) is 5.91 Å². The minimum absolute atomic E-state index is 0.388. The second-order valence-corrected chi connectivity index (χ2v) is 5.88. The smallest absolute Gasteiger partial charge is 0.241 e. The topological polar surface area (TPSA) is 73.4 Å². The third-order valence-corrected chi connectivity index (χ3v) is 4.18. The number of nitrogens with zero attached hydrogens (tertiary/aromatic N) is 3. The van der Waals surface area contributed by atoms with E-state index in [9.17, 15) is 4.79 Å². The van der Waals surface area contributed by atoms with Crippen molar-refractivity contribution in [2.24, 2.45) is 5.73 Å². The van der Waals surface area contributed by atoms with E-state index in [0.717, 1.165) is 44.0 Å². The fourth-order valence-electron chi connectivity index (χ4n) is 2.70. The van der Waals surface area contributed by atoms with Crippen LogP contribution in [0.15, 0.2) is 36.7 Å². The quantitative estimate of drug-likeness (QED) is 0.906. The van der Waals surface area contributed by atoms with E-state index in [2.05, 4.69) is 34.3 Å². The number of hydrogen-bond acceptors (Lipinski definition) is 4. The van der Waals surface area contributed by atoms with Gasteiger partial charge in [-0.15, -0.1) is 0 Å². The summed E-state index contributed by atoms with van der Waals surface area (Å²) < 4.78 is 6.99. The molecule has 1 amide bonds. The Bertz CT molecular complexity index is 677. The molecule has 1 aromatic carbocycles. The SMILES string of the molecule is C[C@@H](C(N)=O)n1cc(-c2cccc(CN3CCOCC3)c2)cn1. The van der Waals surface area contributed by atoms with Gasteiger partial charge in [0.1, 0.15) is 6.04 Å². The highest BCUT2D eigenvalue weighted by Gasteiger charge is 2.14. The number of carbonyl (C=O) groups excluding carboxylic acids is 1. The maximum Gasteiger partial charge on any atom is 0.241 e. The van der Waals surface area contributed by atoms with Crippen molar-refractivity contribution in [2.45, 2.75) is 19.5 Å². The molecule has 23 heavy (non-hydrogen) atoms.